The number of ether oxygens (including phenoxy) is 3. The lowest BCUT2D eigenvalue weighted by Gasteiger charge is -2.25. The minimum Gasteiger partial charge on any atom is -0.507 e. The highest BCUT2D eigenvalue weighted by atomic mass is 16.5. The number of rotatable bonds is 7. The van der Waals surface area contributed by atoms with Gasteiger partial charge in [-0.2, -0.15) is 0 Å². The number of methoxy groups -OCH3 is 2. The van der Waals surface area contributed by atoms with E-state index in [1.54, 1.807) is 66.9 Å². The highest BCUT2D eigenvalue weighted by Gasteiger charge is 2.47. The number of Topliss-reactive ketones (excluding diaryl/α,β-unsaturated/α-hetero) is 1. The first-order valence-electron chi connectivity index (χ1n) is 10.7. The third-order valence-electron chi connectivity index (χ3n) is 5.50. The minimum atomic E-state index is -0.949. The van der Waals surface area contributed by atoms with Gasteiger partial charge in [-0.15, -0.1) is 0 Å². The van der Waals surface area contributed by atoms with Crippen LogP contribution in [-0.2, 0) is 9.59 Å². The minimum absolute atomic E-state index is 0.0934. The maximum absolute atomic E-state index is 13.3. The Labute approximate surface area is 197 Å². The molecular weight excluding hydrogens is 436 g/mol. The highest BCUT2D eigenvalue weighted by molar-refractivity contribution is 6.51. The van der Waals surface area contributed by atoms with Crippen molar-refractivity contribution in [3.05, 3.63) is 83.7 Å². The number of carbonyl (C=O) groups excluding carboxylic acids is 2. The molecule has 1 fully saturated rings. The zero-order valence-electron chi connectivity index (χ0n) is 19.0. The first kappa shape index (κ1) is 22.8. The molecule has 2 aromatic carbocycles. The van der Waals surface area contributed by atoms with Crippen molar-refractivity contribution < 1.29 is 28.9 Å². The SMILES string of the molecule is CCOc1ccc(N2C(=O)C(=O)/C(=C(/O)c3cc(OC)ccc3OC)C2c2ccccn2)cc1. The molecule has 4 rings (SSSR count). The molecule has 1 aliphatic rings. The van der Waals surface area contributed by atoms with E-state index in [0.717, 1.165) is 0 Å². The number of aliphatic hydroxyl groups excluding tert-OH is 1. The highest BCUT2D eigenvalue weighted by Crippen LogP contribution is 2.43. The van der Waals surface area contributed by atoms with E-state index in [1.807, 2.05) is 6.92 Å². The molecule has 8 heteroatoms. The van der Waals surface area contributed by atoms with E-state index in [4.69, 9.17) is 14.2 Å². The summed E-state index contributed by atoms with van der Waals surface area (Å²) in [5, 5.41) is 11.3. The number of ketones is 1. The molecule has 2 heterocycles. The van der Waals surface area contributed by atoms with E-state index in [0.29, 0.717) is 35.2 Å². The van der Waals surface area contributed by atoms with Gasteiger partial charge in [-0.25, -0.2) is 0 Å². The molecule has 3 aromatic rings. The molecule has 0 radical (unpaired) electrons. The normalized spacial score (nSPS) is 17.0. The van der Waals surface area contributed by atoms with E-state index in [-0.39, 0.29) is 16.9 Å². The van der Waals surface area contributed by atoms with Gasteiger partial charge < -0.3 is 19.3 Å². The van der Waals surface area contributed by atoms with Gasteiger partial charge in [-0.1, -0.05) is 6.07 Å². The topological polar surface area (TPSA) is 98.2 Å². The average Bonchev–Trinajstić information content (AvgIpc) is 3.14. The summed E-state index contributed by atoms with van der Waals surface area (Å²) in [5.74, 6) is -0.561. The number of carbonyl (C=O) groups is 2. The van der Waals surface area contributed by atoms with Crippen LogP contribution in [0.5, 0.6) is 17.2 Å². The number of aliphatic hydroxyl groups is 1. The average molecular weight is 460 g/mol. The molecule has 174 valence electrons. The van der Waals surface area contributed by atoms with Crippen LogP contribution in [-0.4, -0.2) is 42.6 Å². The summed E-state index contributed by atoms with van der Waals surface area (Å²) in [4.78, 5) is 32.2. The van der Waals surface area contributed by atoms with Crippen molar-refractivity contribution in [2.75, 3.05) is 25.7 Å². The van der Waals surface area contributed by atoms with Gasteiger partial charge >= 0.3 is 0 Å². The van der Waals surface area contributed by atoms with Crippen LogP contribution in [0.1, 0.15) is 24.2 Å². The maximum atomic E-state index is 13.3. The first-order valence-corrected chi connectivity index (χ1v) is 10.7. The van der Waals surface area contributed by atoms with Crippen LogP contribution in [0.15, 0.2) is 72.4 Å². The quantitative estimate of drug-likeness (QED) is 0.322. The van der Waals surface area contributed by atoms with Crippen LogP contribution >= 0.6 is 0 Å². The molecule has 1 amide bonds. The number of hydrogen-bond donors (Lipinski definition) is 1. The molecule has 1 saturated heterocycles. The number of nitrogens with zero attached hydrogens (tertiary/aromatic N) is 2. The van der Waals surface area contributed by atoms with Gasteiger partial charge in [0, 0.05) is 11.9 Å². The summed E-state index contributed by atoms with van der Waals surface area (Å²) in [7, 11) is 2.94. The molecule has 1 unspecified atom stereocenters. The predicted molar refractivity (Wildman–Crippen MR) is 126 cm³/mol. The molecular formula is C26H24N2O6. The van der Waals surface area contributed by atoms with Crippen LogP contribution < -0.4 is 19.1 Å². The van der Waals surface area contributed by atoms with E-state index >= 15 is 0 Å². The Kier molecular flexibility index (Phi) is 6.49. The van der Waals surface area contributed by atoms with Crippen LogP contribution in [0.3, 0.4) is 0 Å². The van der Waals surface area contributed by atoms with Crippen molar-refractivity contribution in [3.63, 3.8) is 0 Å². The fourth-order valence-corrected chi connectivity index (χ4v) is 3.93. The van der Waals surface area contributed by atoms with Crippen LogP contribution in [0.4, 0.5) is 5.69 Å². The second kappa shape index (κ2) is 9.66. The number of benzene rings is 2. The summed E-state index contributed by atoms with van der Waals surface area (Å²) >= 11 is 0. The van der Waals surface area contributed by atoms with E-state index in [1.165, 1.54) is 19.1 Å². The van der Waals surface area contributed by atoms with Gasteiger partial charge in [-0.05, 0) is 61.5 Å². The van der Waals surface area contributed by atoms with Crippen molar-refractivity contribution in [1.82, 2.24) is 4.98 Å². The fraction of sp³-hybridized carbons (Fsp3) is 0.192. The summed E-state index contributed by atoms with van der Waals surface area (Å²) in [6, 6.07) is 15.9. The number of amides is 1. The summed E-state index contributed by atoms with van der Waals surface area (Å²) in [5.41, 5.74) is 1.04. The molecule has 8 nitrogen and oxygen atoms in total. The summed E-state index contributed by atoms with van der Waals surface area (Å²) < 4.78 is 16.1. The molecule has 1 atom stereocenters. The van der Waals surface area contributed by atoms with Crippen LogP contribution in [0.2, 0.25) is 0 Å². The third kappa shape index (κ3) is 4.05. The molecule has 0 spiro atoms. The zero-order valence-corrected chi connectivity index (χ0v) is 19.0. The Bertz CT molecular complexity index is 1240. The van der Waals surface area contributed by atoms with Gasteiger partial charge in [0.2, 0.25) is 0 Å². The molecule has 34 heavy (non-hydrogen) atoms. The van der Waals surface area contributed by atoms with Crippen molar-refractivity contribution in [2.45, 2.75) is 13.0 Å². The standard InChI is InChI=1S/C26H24N2O6/c1-4-34-17-10-8-16(9-11-17)28-23(20-7-5-6-14-27-20)22(25(30)26(28)31)24(29)19-15-18(32-2)12-13-21(19)33-3/h5-15,23,29H,4H2,1-3H3/b24-22+. The summed E-state index contributed by atoms with van der Waals surface area (Å²) in [6.45, 7) is 2.38. The summed E-state index contributed by atoms with van der Waals surface area (Å²) in [6.07, 6.45) is 1.57. The van der Waals surface area contributed by atoms with Gasteiger partial charge in [0.1, 0.15) is 29.0 Å². The Morgan fingerprint density at radius 3 is 2.35 bits per heavy atom. The smallest absolute Gasteiger partial charge is 0.300 e. The Hall–Kier alpha value is -4.33. The number of anilines is 1. The van der Waals surface area contributed by atoms with Gasteiger partial charge in [0.15, 0.2) is 0 Å². The first-order chi connectivity index (χ1) is 16.5. The fourth-order valence-electron chi connectivity index (χ4n) is 3.93. The zero-order chi connectivity index (χ0) is 24.2. The van der Waals surface area contributed by atoms with Crippen LogP contribution in [0, 0.1) is 0 Å². The Morgan fingerprint density at radius 2 is 1.74 bits per heavy atom. The lowest BCUT2D eigenvalue weighted by atomic mass is 9.97. The molecule has 1 N–H and O–H groups in total. The Morgan fingerprint density at radius 1 is 1.00 bits per heavy atom. The molecule has 1 aliphatic heterocycles. The van der Waals surface area contributed by atoms with Gasteiger partial charge in [0.25, 0.3) is 11.7 Å². The Balaban J connectivity index is 1.92. The molecule has 1 aromatic heterocycles. The number of hydrogen-bond acceptors (Lipinski definition) is 7. The number of aromatic nitrogens is 1. The second-order valence-corrected chi connectivity index (χ2v) is 7.42. The van der Waals surface area contributed by atoms with Gasteiger partial charge in [-0.3, -0.25) is 19.5 Å². The van der Waals surface area contributed by atoms with E-state index in [2.05, 4.69) is 4.98 Å². The molecule has 0 aliphatic carbocycles. The van der Waals surface area contributed by atoms with Crippen molar-refractivity contribution >= 4 is 23.1 Å². The maximum Gasteiger partial charge on any atom is 0.300 e. The lowest BCUT2D eigenvalue weighted by molar-refractivity contribution is -0.132. The molecule has 0 bridgehead atoms. The number of pyridine rings is 1. The van der Waals surface area contributed by atoms with Crippen LogP contribution in [0.25, 0.3) is 5.76 Å². The van der Waals surface area contributed by atoms with Crippen molar-refractivity contribution in [3.8, 4) is 17.2 Å². The monoisotopic (exact) mass is 460 g/mol. The third-order valence-corrected chi connectivity index (χ3v) is 5.50. The second-order valence-electron chi connectivity index (χ2n) is 7.42. The largest absolute Gasteiger partial charge is 0.507 e. The van der Waals surface area contributed by atoms with Gasteiger partial charge in [0.05, 0.1) is 37.7 Å². The van der Waals surface area contributed by atoms with Crippen molar-refractivity contribution in [2.24, 2.45) is 0 Å². The van der Waals surface area contributed by atoms with E-state index in [9.17, 15) is 14.7 Å². The predicted octanol–water partition coefficient (Wildman–Crippen LogP) is 4.12. The molecule has 0 saturated carbocycles. The van der Waals surface area contributed by atoms with E-state index < -0.39 is 17.7 Å². The van der Waals surface area contributed by atoms with Crippen molar-refractivity contribution in [1.29, 1.82) is 0 Å². The lowest BCUT2D eigenvalue weighted by Crippen LogP contribution is -2.29.